The predicted molar refractivity (Wildman–Crippen MR) is 68.5 cm³/mol. The van der Waals surface area contributed by atoms with Crippen LogP contribution in [0.1, 0.15) is 34.6 Å². The van der Waals surface area contributed by atoms with Crippen LogP contribution in [0.2, 0.25) is 0 Å². The first-order valence-electron chi connectivity index (χ1n) is 5.57. The van der Waals surface area contributed by atoms with Crippen LogP contribution in [0, 0.1) is 67.3 Å². The summed E-state index contributed by atoms with van der Waals surface area (Å²) in [7, 11) is 5.93. The first kappa shape index (κ1) is 20.3. The first-order valence-corrected chi connectivity index (χ1v) is 5.57. The quantitative estimate of drug-likeness (QED) is 0.583. The van der Waals surface area contributed by atoms with Crippen molar-refractivity contribution in [1.82, 2.24) is 9.80 Å². The Morgan fingerprint density at radius 2 is 1.65 bits per heavy atom. The van der Waals surface area contributed by atoms with Gasteiger partial charge >= 0.3 is 46.9 Å². The molecule has 17 heavy (non-hydrogen) atoms. The SMILES string of the molecule is [CH2-]N1C(C)C(=O)N(C)C(C)C(C)C1(C)C.[CH3-].[Yb+2]. The van der Waals surface area contributed by atoms with Gasteiger partial charge < -0.3 is 17.2 Å². The van der Waals surface area contributed by atoms with E-state index in [4.69, 9.17) is 0 Å². The second-order valence-corrected chi connectivity index (χ2v) is 5.28. The summed E-state index contributed by atoms with van der Waals surface area (Å²) >= 11 is 0. The summed E-state index contributed by atoms with van der Waals surface area (Å²) in [5, 5.41) is 0. The summed E-state index contributed by atoms with van der Waals surface area (Å²) in [6.07, 6.45) is 0. The molecule has 4 heteroatoms. The zero-order valence-electron chi connectivity index (χ0n) is 12.0. The van der Waals surface area contributed by atoms with Gasteiger partial charge in [-0.25, -0.2) is 0 Å². The van der Waals surface area contributed by atoms with Crippen LogP contribution >= 0.6 is 0 Å². The second-order valence-electron chi connectivity index (χ2n) is 5.28. The molecule has 0 aromatic carbocycles. The minimum absolute atomic E-state index is 0. The number of nitrogens with zero attached hydrogens (tertiary/aromatic N) is 2. The summed E-state index contributed by atoms with van der Waals surface area (Å²) in [6, 6.07) is 0.110. The van der Waals surface area contributed by atoms with Gasteiger partial charge in [-0.05, 0) is 39.2 Å². The molecule has 1 fully saturated rings. The van der Waals surface area contributed by atoms with Gasteiger partial charge in [-0.2, -0.15) is 0 Å². The molecule has 0 saturated carbocycles. The maximum atomic E-state index is 12.0. The van der Waals surface area contributed by atoms with Crippen LogP contribution in [0.3, 0.4) is 0 Å². The van der Waals surface area contributed by atoms with Gasteiger partial charge in [0.25, 0.3) is 0 Å². The number of rotatable bonds is 0. The average molecular weight is 399 g/mol. The summed E-state index contributed by atoms with van der Waals surface area (Å²) in [4.78, 5) is 15.8. The van der Waals surface area contributed by atoms with Crippen molar-refractivity contribution >= 4 is 5.91 Å². The molecule has 3 nitrogen and oxygen atoms in total. The van der Waals surface area contributed by atoms with E-state index in [-0.39, 0.29) is 77.9 Å². The van der Waals surface area contributed by atoms with Crippen LogP contribution in [0.4, 0.5) is 0 Å². The maximum absolute atomic E-state index is 12.0. The van der Waals surface area contributed by atoms with Gasteiger partial charge in [0.15, 0.2) is 0 Å². The minimum atomic E-state index is -0.141. The standard InChI is InChI=1S/C12H23N2O.CH3.Yb/c1-8-9(2)13(6)11(15)10(3)14(7)12(8,4)5;;/h8-10H,7H2,1-6H3;1H3;/q2*-1;+2. The fraction of sp³-hybridized carbons (Fsp3) is 0.769. The van der Waals surface area contributed by atoms with Crippen molar-refractivity contribution in [3.8, 4) is 0 Å². The van der Waals surface area contributed by atoms with Crippen molar-refractivity contribution in [2.45, 2.75) is 52.2 Å². The van der Waals surface area contributed by atoms with Crippen LogP contribution < -0.4 is 0 Å². The normalized spacial score (nSPS) is 33.5. The number of hydrogen-bond acceptors (Lipinski definition) is 2. The summed E-state index contributed by atoms with van der Waals surface area (Å²) in [6.45, 7) is 10.5. The average Bonchev–Trinajstić information content (AvgIpc) is 2.23. The first-order chi connectivity index (χ1) is 6.71. The molecule has 3 unspecified atom stereocenters. The fourth-order valence-corrected chi connectivity index (χ4v) is 2.32. The molecule has 0 aromatic rings. The molecule has 1 saturated heterocycles. The van der Waals surface area contributed by atoms with E-state index >= 15 is 0 Å². The predicted octanol–water partition coefficient (Wildman–Crippen LogP) is 2.19. The van der Waals surface area contributed by atoms with Crippen LogP contribution in [-0.2, 0) is 4.79 Å². The molecule has 0 bridgehead atoms. The maximum Gasteiger partial charge on any atom is 2.00 e. The van der Waals surface area contributed by atoms with Crippen molar-refractivity contribution in [3.05, 3.63) is 14.5 Å². The molecule has 1 amide bonds. The van der Waals surface area contributed by atoms with Gasteiger partial charge in [0.05, 0.1) is 6.04 Å². The van der Waals surface area contributed by atoms with E-state index in [1.54, 1.807) is 0 Å². The molecule has 0 N–H and O–H groups in total. The molecule has 1 heterocycles. The van der Waals surface area contributed by atoms with Gasteiger partial charge in [-0.15, -0.1) is 0 Å². The monoisotopic (exact) mass is 400 g/mol. The molecule has 1 rings (SSSR count). The van der Waals surface area contributed by atoms with Crippen molar-refractivity contribution in [3.63, 3.8) is 0 Å². The Morgan fingerprint density at radius 3 is 2.06 bits per heavy atom. The van der Waals surface area contributed by atoms with Gasteiger partial charge in [0.2, 0.25) is 5.91 Å². The van der Waals surface area contributed by atoms with Crippen LogP contribution in [0.25, 0.3) is 0 Å². The van der Waals surface area contributed by atoms with Gasteiger partial charge in [-0.1, -0.05) is 6.92 Å². The molecule has 0 aliphatic carbocycles. The number of carbonyl (C=O) groups excluding carboxylic acids is 1. The number of carbonyl (C=O) groups is 1. The summed E-state index contributed by atoms with van der Waals surface area (Å²) in [5.41, 5.74) is -0.0563. The minimum Gasteiger partial charge on any atom is -0.444 e. The Balaban J connectivity index is 0. The van der Waals surface area contributed by atoms with Gasteiger partial charge in [0, 0.05) is 13.1 Å². The van der Waals surface area contributed by atoms with Gasteiger partial charge in [0.1, 0.15) is 0 Å². The smallest absolute Gasteiger partial charge is 0.444 e. The third kappa shape index (κ3) is 3.49. The number of hydrogen-bond donors (Lipinski definition) is 0. The van der Waals surface area contributed by atoms with Crippen molar-refractivity contribution < 1.29 is 51.7 Å². The molecular weight excluding hydrogens is 373 g/mol. The zero-order chi connectivity index (χ0) is 12.0. The Labute approximate surface area is 146 Å². The summed E-state index contributed by atoms with van der Waals surface area (Å²) in [5.74, 6) is 0.559. The fourth-order valence-electron chi connectivity index (χ4n) is 2.32. The van der Waals surface area contributed by atoms with Crippen molar-refractivity contribution in [2.24, 2.45) is 5.92 Å². The molecule has 3 atom stereocenters. The largest absolute Gasteiger partial charge is 2.00 e. The van der Waals surface area contributed by atoms with E-state index in [1.807, 2.05) is 23.8 Å². The zero-order valence-corrected chi connectivity index (χ0v) is 13.7. The van der Waals surface area contributed by atoms with Crippen LogP contribution in [0.15, 0.2) is 0 Å². The van der Waals surface area contributed by atoms with Crippen LogP contribution in [-0.4, -0.2) is 40.4 Å². The molecule has 0 spiro atoms. The number of likely N-dealkylation sites (N-methyl/N-ethyl adjacent to an activating group) is 1. The molecule has 1 aliphatic heterocycles. The van der Waals surface area contributed by atoms with E-state index in [0.29, 0.717) is 5.92 Å². The van der Waals surface area contributed by atoms with Crippen molar-refractivity contribution in [1.29, 1.82) is 0 Å². The van der Waals surface area contributed by atoms with E-state index in [1.165, 1.54) is 0 Å². The molecule has 0 aromatic heterocycles. The Kier molecular flexibility index (Phi) is 8.26. The van der Waals surface area contributed by atoms with Crippen molar-refractivity contribution in [2.75, 3.05) is 7.05 Å². The van der Waals surface area contributed by atoms with Crippen LogP contribution in [0.5, 0.6) is 0 Å². The topological polar surface area (TPSA) is 23.6 Å². The number of amides is 1. The third-order valence-corrected chi connectivity index (χ3v) is 4.36. The molecule has 108 valence electrons. The third-order valence-electron chi connectivity index (χ3n) is 4.36. The van der Waals surface area contributed by atoms with E-state index < -0.39 is 0 Å². The molecular formula is C13H26N2OYb. The Morgan fingerprint density at radius 1 is 1.24 bits per heavy atom. The van der Waals surface area contributed by atoms with E-state index in [2.05, 4.69) is 34.7 Å². The summed E-state index contributed by atoms with van der Waals surface area (Å²) < 4.78 is 0. The van der Waals surface area contributed by atoms with Gasteiger partial charge in [-0.3, -0.25) is 11.8 Å². The second kappa shape index (κ2) is 6.93. The Hall–Kier alpha value is 0.949. The van der Waals surface area contributed by atoms with E-state index in [0.717, 1.165) is 0 Å². The van der Waals surface area contributed by atoms with E-state index in [9.17, 15) is 4.79 Å². The Bertz CT molecular complexity index is 268. The molecule has 1 aliphatic rings. The molecule has 0 radical (unpaired) electrons.